The van der Waals surface area contributed by atoms with E-state index in [-0.39, 0.29) is 12.3 Å². The van der Waals surface area contributed by atoms with Crippen molar-refractivity contribution in [1.82, 2.24) is 4.98 Å². The summed E-state index contributed by atoms with van der Waals surface area (Å²) in [6.45, 7) is 2.59. The van der Waals surface area contributed by atoms with Crippen molar-refractivity contribution < 1.29 is 9.53 Å². The Morgan fingerprint density at radius 3 is 2.64 bits per heavy atom. The van der Waals surface area contributed by atoms with Crippen LogP contribution in [0.3, 0.4) is 0 Å². The van der Waals surface area contributed by atoms with Crippen LogP contribution < -0.4 is 15.0 Å². The Morgan fingerprint density at radius 1 is 1.21 bits per heavy atom. The lowest BCUT2D eigenvalue weighted by Crippen LogP contribution is -2.18. The molecule has 1 aromatic heterocycles. The maximum absolute atomic E-state index is 12.5. The highest BCUT2D eigenvalue weighted by atomic mass is 35.5. The number of thiazole rings is 1. The number of halogens is 1. The summed E-state index contributed by atoms with van der Waals surface area (Å²) in [6, 6.07) is 13.2. The van der Waals surface area contributed by atoms with E-state index in [1.165, 1.54) is 11.3 Å². The molecule has 0 bridgehead atoms. The second-order valence-corrected chi connectivity index (χ2v) is 7.68. The molecule has 7 heteroatoms. The Labute approximate surface area is 173 Å². The third-order valence-corrected chi connectivity index (χ3v) is 5.20. The van der Waals surface area contributed by atoms with Crippen LogP contribution in [-0.4, -0.2) is 31.6 Å². The Hall–Kier alpha value is -2.57. The monoisotopic (exact) mass is 415 g/mol. The summed E-state index contributed by atoms with van der Waals surface area (Å²) in [6.07, 6.45) is 0.201. The lowest BCUT2D eigenvalue weighted by atomic mass is 10.2. The van der Waals surface area contributed by atoms with Crippen LogP contribution in [0.25, 0.3) is 10.6 Å². The van der Waals surface area contributed by atoms with E-state index in [1.807, 2.05) is 61.6 Å². The van der Waals surface area contributed by atoms with Crippen molar-refractivity contribution in [2.75, 3.05) is 30.9 Å². The maximum atomic E-state index is 12.5. The number of rotatable bonds is 7. The molecule has 0 aliphatic rings. The summed E-state index contributed by atoms with van der Waals surface area (Å²) in [5.74, 6) is 0.703. The molecule has 146 valence electrons. The summed E-state index contributed by atoms with van der Waals surface area (Å²) >= 11 is 7.60. The van der Waals surface area contributed by atoms with E-state index in [0.717, 1.165) is 27.7 Å². The number of nitrogens with one attached hydrogen (secondary N) is 1. The summed E-state index contributed by atoms with van der Waals surface area (Å²) in [5, 5.41) is 6.30. The fourth-order valence-electron chi connectivity index (χ4n) is 2.74. The third-order valence-electron chi connectivity index (χ3n) is 4.02. The van der Waals surface area contributed by atoms with Gasteiger partial charge in [-0.15, -0.1) is 11.3 Å². The zero-order chi connectivity index (χ0) is 20.1. The normalized spacial score (nSPS) is 10.6. The molecule has 0 atom stereocenters. The number of carbonyl (C=O) groups is 1. The van der Waals surface area contributed by atoms with Gasteiger partial charge in [0.25, 0.3) is 0 Å². The molecule has 0 aliphatic heterocycles. The van der Waals surface area contributed by atoms with Gasteiger partial charge >= 0.3 is 0 Å². The first-order valence-corrected chi connectivity index (χ1v) is 10.2. The number of nitrogens with zero attached hydrogens (tertiary/aromatic N) is 2. The van der Waals surface area contributed by atoms with Crippen LogP contribution in [0.5, 0.6) is 5.75 Å². The fraction of sp³-hybridized carbons (Fsp3) is 0.238. The Kier molecular flexibility index (Phi) is 6.54. The van der Waals surface area contributed by atoms with Gasteiger partial charge in [0.15, 0.2) is 0 Å². The molecule has 3 aromatic rings. The fourth-order valence-corrected chi connectivity index (χ4v) is 3.74. The van der Waals surface area contributed by atoms with Crippen molar-refractivity contribution in [1.29, 1.82) is 0 Å². The van der Waals surface area contributed by atoms with E-state index in [1.54, 1.807) is 12.1 Å². The van der Waals surface area contributed by atoms with E-state index >= 15 is 0 Å². The molecule has 1 heterocycles. The third kappa shape index (κ3) is 5.03. The lowest BCUT2D eigenvalue weighted by Gasteiger charge is -2.18. The molecular formula is C21H22ClN3O2S. The zero-order valence-corrected chi connectivity index (χ0v) is 17.6. The minimum Gasteiger partial charge on any atom is -0.494 e. The van der Waals surface area contributed by atoms with Crippen molar-refractivity contribution in [3.05, 3.63) is 58.6 Å². The summed E-state index contributed by atoms with van der Waals surface area (Å²) in [4.78, 5) is 19.0. The second-order valence-electron chi connectivity index (χ2n) is 6.38. The van der Waals surface area contributed by atoms with Gasteiger partial charge in [-0.05, 0) is 49.4 Å². The lowest BCUT2D eigenvalue weighted by molar-refractivity contribution is -0.115. The molecule has 0 aliphatic carbocycles. The van der Waals surface area contributed by atoms with E-state index in [4.69, 9.17) is 16.3 Å². The summed E-state index contributed by atoms with van der Waals surface area (Å²) in [7, 11) is 3.84. The highest BCUT2D eigenvalue weighted by molar-refractivity contribution is 7.13. The van der Waals surface area contributed by atoms with Gasteiger partial charge in [0, 0.05) is 30.1 Å². The first kappa shape index (κ1) is 20.2. The number of hydrogen-bond donors (Lipinski definition) is 1. The molecule has 0 saturated heterocycles. The van der Waals surface area contributed by atoms with E-state index < -0.39 is 0 Å². The topological polar surface area (TPSA) is 54.5 Å². The van der Waals surface area contributed by atoms with Gasteiger partial charge in [-0.1, -0.05) is 11.6 Å². The van der Waals surface area contributed by atoms with Crippen molar-refractivity contribution in [3.63, 3.8) is 0 Å². The molecule has 1 amide bonds. The summed E-state index contributed by atoms with van der Waals surface area (Å²) in [5.41, 5.74) is 3.32. The first-order chi connectivity index (χ1) is 13.5. The highest BCUT2D eigenvalue weighted by Crippen LogP contribution is 2.29. The van der Waals surface area contributed by atoms with Gasteiger partial charge in [-0.25, -0.2) is 4.98 Å². The Balaban J connectivity index is 1.68. The molecule has 5 nitrogen and oxygen atoms in total. The van der Waals surface area contributed by atoms with Crippen LogP contribution in [0.2, 0.25) is 5.02 Å². The number of benzene rings is 2. The first-order valence-electron chi connectivity index (χ1n) is 8.90. The van der Waals surface area contributed by atoms with Gasteiger partial charge in [-0.3, -0.25) is 4.79 Å². The molecule has 3 rings (SSSR count). The molecule has 0 spiro atoms. The van der Waals surface area contributed by atoms with E-state index in [0.29, 0.717) is 17.3 Å². The molecular weight excluding hydrogens is 394 g/mol. The van der Waals surface area contributed by atoms with Gasteiger partial charge in [0.05, 0.1) is 30.1 Å². The smallest absolute Gasteiger partial charge is 0.230 e. The molecule has 28 heavy (non-hydrogen) atoms. The Morgan fingerprint density at radius 2 is 1.96 bits per heavy atom. The molecule has 0 saturated carbocycles. The van der Waals surface area contributed by atoms with Crippen LogP contribution in [0.4, 0.5) is 11.4 Å². The van der Waals surface area contributed by atoms with Crippen LogP contribution in [0, 0.1) is 0 Å². The van der Waals surface area contributed by atoms with Gasteiger partial charge in [0.2, 0.25) is 5.91 Å². The van der Waals surface area contributed by atoms with E-state index in [9.17, 15) is 4.79 Å². The van der Waals surface area contributed by atoms with Crippen LogP contribution >= 0.6 is 22.9 Å². The number of anilines is 2. The number of ether oxygens (including phenoxy) is 1. The second kappa shape index (κ2) is 9.08. The number of amides is 1. The van der Waals surface area contributed by atoms with E-state index in [2.05, 4.69) is 10.3 Å². The molecule has 0 fully saturated rings. The minimum atomic E-state index is -0.131. The SMILES string of the molecule is CCOc1ccc(-c2nc(CC(=O)Nc3cc(Cl)ccc3N(C)C)cs2)cc1. The average Bonchev–Trinajstić information content (AvgIpc) is 3.10. The quantitative estimate of drug-likeness (QED) is 0.582. The van der Waals surface area contributed by atoms with Crippen LogP contribution in [0.15, 0.2) is 47.8 Å². The number of hydrogen-bond acceptors (Lipinski definition) is 5. The zero-order valence-electron chi connectivity index (χ0n) is 16.0. The molecule has 2 aromatic carbocycles. The number of aromatic nitrogens is 1. The maximum Gasteiger partial charge on any atom is 0.230 e. The van der Waals surface area contributed by atoms with Crippen molar-refractivity contribution >= 4 is 40.2 Å². The predicted octanol–water partition coefficient (Wildman–Crippen LogP) is 5.11. The Bertz CT molecular complexity index is 955. The van der Waals surface area contributed by atoms with Crippen molar-refractivity contribution in [2.24, 2.45) is 0 Å². The van der Waals surface area contributed by atoms with Gasteiger partial charge in [-0.2, -0.15) is 0 Å². The molecule has 0 unspecified atom stereocenters. The minimum absolute atomic E-state index is 0.131. The van der Waals surface area contributed by atoms with Crippen molar-refractivity contribution in [3.8, 4) is 16.3 Å². The van der Waals surface area contributed by atoms with Crippen molar-refractivity contribution in [2.45, 2.75) is 13.3 Å². The summed E-state index contributed by atoms with van der Waals surface area (Å²) < 4.78 is 5.46. The van der Waals surface area contributed by atoms with Gasteiger partial charge < -0.3 is 15.0 Å². The van der Waals surface area contributed by atoms with Crippen LogP contribution in [0.1, 0.15) is 12.6 Å². The molecule has 0 radical (unpaired) electrons. The largest absolute Gasteiger partial charge is 0.494 e. The highest BCUT2D eigenvalue weighted by Gasteiger charge is 2.12. The standard InChI is InChI=1S/C21H22ClN3O2S/c1-4-27-17-8-5-14(6-9-17)21-23-16(13-28-21)12-20(26)24-18-11-15(22)7-10-19(18)25(2)3/h5-11,13H,4,12H2,1-3H3,(H,24,26). The van der Waals surface area contributed by atoms with Gasteiger partial charge in [0.1, 0.15) is 10.8 Å². The van der Waals surface area contributed by atoms with Crippen LogP contribution in [-0.2, 0) is 11.2 Å². The number of carbonyl (C=O) groups excluding carboxylic acids is 1. The molecule has 1 N–H and O–H groups in total. The predicted molar refractivity (Wildman–Crippen MR) is 117 cm³/mol. The average molecular weight is 416 g/mol.